The summed E-state index contributed by atoms with van der Waals surface area (Å²) in [5, 5.41) is 14.7. The van der Waals surface area contributed by atoms with Gasteiger partial charge in [0.15, 0.2) is 12.4 Å². The van der Waals surface area contributed by atoms with E-state index in [0.29, 0.717) is 5.75 Å². The van der Waals surface area contributed by atoms with E-state index in [9.17, 15) is 4.79 Å². The minimum atomic E-state index is -0.315. The smallest absolute Gasteiger partial charge is 0.258 e. The van der Waals surface area contributed by atoms with Crippen LogP contribution in [0.3, 0.4) is 0 Å². The first-order valence-corrected chi connectivity index (χ1v) is 5.05. The number of rotatable bonds is 6. The summed E-state index contributed by atoms with van der Waals surface area (Å²) in [6, 6.07) is 1.81. The molecule has 0 aliphatic heterocycles. The van der Waals surface area contributed by atoms with Crippen molar-refractivity contribution in [3.63, 3.8) is 0 Å². The van der Waals surface area contributed by atoms with Crippen molar-refractivity contribution < 1.29 is 9.53 Å². The number of aromatic nitrogens is 2. The number of amides is 1. The molecule has 0 bridgehead atoms. The molecule has 1 aromatic rings. The van der Waals surface area contributed by atoms with E-state index < -0.39 is 0 Å². The van der Waals surface area contributed by atoms with Crippen LogP contribution in [0.4, 0.5) is 0 Å². The van der Waals surface area contributed by atoms with Gasteiger partial charge in [-0.2, -0.15) is 10.4 Å². The fourth-order valence-electron chi connectivity index (χ4n) is 1.11. The van der Waals surface area contributed by atoms with Gasteiger partial charge in [-0.3, -0.25) is 9.48 Å². The molecule has 1 rings (SSSR count). The summed E-state index contributed by atoms with van der Waals surface area (Å²) in [7, 11) is 0. The van der Waals surface area contributed by atoms with E-state index in [-0.39, 0.29) is 19.1 Å². The molecule has 0 atom stereocenters. The maximum absolute atomic E-state index is 11.1. The van der Waals surface area contributed by atoms with Crippen molar-refractivity contribution in [2.45, 2.75) is 19.9 Å². The minimum Gasteiger partial charge on any atom is -0.480 e. The first-order chi connectivity index (χ1) is 7.76. The number of hydrogen-bond acceptors (Lipinski definition) is 4. The third kappa shape index (κ3) is 4.00. The summed E-state index contributed by atoms with van der Waals surface area (Å²) in [6.07, 6.45) is 4.29. The highest BCUT2D eigenvalue weighted by atomic mass is 16.5. The number of hydrogen-bond donors (Lipinski definition) is 1. The van der Waals surface area contributed by atoms with Crippen LogP contribution in [0.2, 0.25) is 0 Å². The highest BCUT2D eigenvalue weighted by Crippen LogP contribution is 2.07. The lowest BCUT2D eigenvalue weighted by Gasteiger charge is -2.02. The Bertz CT molecular complexity index is 380. The van der Waals surface area contributed by atoms with Crippen LogP contribution in [0.5, 0.6) is 5.75 Å². The van der Waals surface area contributed by atoms with Crippen molar-refractivity contribution in [3.05, 3.63) is 12.4 Å². The van der Waals surface area contributed by atoms with Gasteiger partial charge < -0.3 is 10.1 Å². The molecule has 16 heavy (non-hydrogen) atoms. The second kappa shape index (κ2) is 6.45. The minimum absolute atomic E-state index is 0.00269. The Morgan fingerprint density at radius 2 is 2.56 bits per heavy atom. The predicted molar refractivity (Wildman–Crippen MR) is 56.6 cm³/mol. The zero-order valence-electron chi connectivity index (χ0n) is 9.14. The molecule has 0 aromatic carbocycles. The standard InChI is InChI=1S/C10H14N4O2/c1-2-5-14-7-9(6-13-14)16-8-10(15)12-4-3-11/h6-7H,2,4-5,8H2,1H3,(H,12,15). The number of nitriles is 1. The number of carbonyl (C=O) groups is 1. The Kier molecular flexibility index (Phi) is 4.86. The predicted octanol–water partition coefficient (Wildman–Crippen LogP) is 0.312. The van der Waals surface area contributed by atoms with E-state index in [1.807, 2.05) is 6.07 Å². The van der Waals surface area contributed by atoms with Crippen LogP contribution in [0.25, 0.3) is 0 Å². The molecule has 1 N–H and O–H groups in total. The molecule has 1 heterocycles. The summed E-state index contributed by atoms with van der Waals surface area (Å²) in [5.41, 5.74) is 0. The Morgan fingerprint density at radius 3 is 3.25 bits per heavy atom. The van der Waals surface area contributed by atoms with Crippen molar-refractivity contribution >= 4 is 5.91 Å². The van der Waals surface area contributed by atoms with E-state index >= 15 is 0 Å². The van der Waals surface area contributed by atoms with Crippen molar-refractivity contribution in [3.8, 4) is 11.8 Å². The average molecular weight is 222 g/mol. The van der Waals surface area contributed by atoms with Gasteiger partial charge in [0.2, 0.25) is 0 Å². The summed E-state index contributed by atoms with van der Waals surface area (Å²) >= 11 is 0. The van der Waals surface area contributed by atoms with E-state index in [0.717, 1.165) is 13.0 Å². The molecule has 0 spiro atoms. The van der Waals surface area contributed by atoms with Gasteiger partial charge in [-0.25, -0.2) is 0 Å². The number of ether oxygens (including phenoxy) is 1. The van der Waals surface area contributed by atoms with E-state index in [2.05, 4.69) is 17.3 Å². The van der Waals surface area contributed by atoms with Gasteiger partial charge in [-0.05, 0) is 6.42 Å². The van der Waals surface area contributed by atoms with Crippen LogP contribution in [0.1, 0.15) is 13.3 Å². The molecule has 0 aliphatic rings. The first-order valence-electron chi connectivity index (χ1n) is 5.05. The molecule has 86 valence electrons. The molecule has 0 unspecified atom stereocenters. The number of carbonyl (C=O) groups excluding carboxylic acids is 1. The third-order valence-electron chi connectivity index (χ3n) is 1.80. The zero-order chi connectivity index (χ0) is 11.8. The maximum Gasteiger partial charge on any atom is 0.258 e. The Hall–Kier alpha value is -2.03. The lowest BCUT2D eigenvalue weighted by molar-refractivity contribution is -0.122. The molecule has 0 saturated carbocycles. The Balaban J connectivity index is 2.31. The maximum atomic E-state index is 11.1. The summed E-state index contributed by atoms with van der Waals surface area (Å²) < 4.78 is 6.94. The third-order valence-corrected chi connectivity index (χ3v) is 1.80. The SMILES string of the molecule is CCCn1cc(OCC(=O)NCC#N)cn1. The first kappa shape index (κ1) is 12.0. The number of nitrogens with zero attached hydrogens (tertiary/aromatic N) is 3. The van der Waals surface area contributed by atoms with Crippen LogP contribution in [0, 0.1) is 11.3 Å². The van der Waals surface area contributed by atoms with Crippen molar-refractivity contribution in [1.82, 2.24) is 15.1 Å². The van der Waals surface area contributed by atoms with E-state index in [1.165, 1.54) is 0 Å². The van der Waals surface area contributed by atoms with E-state index in [1.54, 1.807) is 17.1 Å². The fraction of sp³-hybridized carbons (Fsp3) is 0.500. The van der Waals surface area contributed by atoms with Crippen molar-refractivity contribution in [1.29, 1.82) is 5.26 Å². The van der Waals surface area contributed by atoms with E-state index in [4.69, 9.17) is 10.00 Å². The molecule has 0 aliphatic carbocycles. The lowest BCUT2D eigenvalue weighted by atomic mass is 10.5. The van der Waals surface area contributed by atoms with Gasteiger partial charge in [0.05, 0.1) is 18.5 Å². The van der Waals surface area contributed by atoms with Gasteiger partial charge in [-0.1, -0.05) is 6.92 Å². The largest absolute Gasteiger partial charge is 0.480 e. The molecule has 0 fully saturated rings. The van der Waals surface area contributed by atoms with Gasteiger partial charge in [0.1, 0.15) is 6.54 Å². The second-order valence-electron chi connectivity index (χ2n) is 3.16. The monoisotopic (exact) mass is 222 g/mol. The second-order valence-corrected chi connectivity index (χ2v) is 3.16. The Morgan fingerprint density at radius 1 is 1.75 bits per heavy atom. The molecule has 0 radical (unpaired) electrons. The fourth-order valence-corrected chi connectivity index (χ4v) is 1.11. The number of aryl methyl sites for hydroxylation is 1. The van der Waals surface area contributed by atoms with Crippen LogP contribution in [-0.2, 0) is 11.3 Å². The van der Waals surface area contributed by atoms with Crippen LogP contribution >= 0.6 is 0 Å². The molecule has 6 nitrogen and oxygen atoms in total. The van der Waals surface area contributed by atoms with Gasteiger partial charge in [0, 0.05) is 6.54 Å². The molecule has 0 saturated heterocycles. The molecule has 1 amide bonds. The van der Waals surface area contributed by atoms with Gasteiger partial charge in [0.25, 0.3) is 5.91 Å². The van der Waals surface area contributed by atoms with Crippen LogP contribution < -0.4 is 10.1 Å². The topological polar surface area (TPSA) is 79.9 Å². The van der Waals surface area contributed by atoms with Crippen molar-refractivity contribution in [2.75, 3.05) is 13.2 Å². The lowest BCUT2D eigenvalue weighted by Crippen LogP contribution is -2.28. The quantitative estimate of drug-likeness (QED) is 0.702. The molecular weight excluding hydrogens is 208 g/mol. The highest BCUT2D eigenvalue weighted by molar-refractivity contribution is 5.77. The summed E-state index contributed by atoms with van der Waals surface area (Å²) in [6.45, 7) is 2.78. The Labute approximate surface area is 93.8 Å². The molecule has 1 aromatic heterocycles. The van der Waals surface area contributed by atoms with Crippen molar-refractivity contribution in [2.24, 2.45) is 0 Å². The molecule has 6 heteroatoms. The van der Waals surface area contributed by atoms with Gasteiger partial charge in [-0.15, -0.1) is 0 Å². The zero-order valence-corrected chi connectivity index (χ0v) is 9.14. The average Bonchev–Trinajstić information content (AvgIpc) is 2.72. The highest BCUT2D eigenvalue weighted by Gasteiger charge is 2.03. The number of nitrogens with one attached hydrogen (secondary N) is 1. The van der Waals surface area contributed by atoms with Crippen LogP contribution in [-0.4, -0.2) is 28.8 Å². The van der Waals surface area contributed by atoms with Crippen LogP contribution in [0.15, 0.2) is 12.4 Å². The molecular formula is C10H14N4O2. The summed E-state index contributed by atoms with van der Waals surface area (Å²) in [5.74, 6) is 0.241. The normalized spacial score (nSPS) is 9.50. The van der Waals surface area contributed by atoms with Gasteiger partial charge >= 0.3 is 0 Å². The summed E-state index contributed by atoms with van der Waals surface area (Å²) in [4.78, 5) is 11.1.